The van der Waals surface area contributed by atoms with Gasteiger partial charge >= 0.3 is 0 Å². The molecule has 29 heavy (non-hydrogen) atoms. The fraction of sp³-hybridized carbons (Fsp3) is 0.480. The normalized spacial score (nSPS) is 22.3. The van der Waals surface area contributed by atoms with Crippen molar-refractivity contribution in [3.05, 3.63) is 70.8 Å². The number of carbonyl (C=O) groups is 1. The Morgan fingerprint density at radius 1 is 0.931 bits per heavy atom. The molecule has 0 N–H and O–H groups in total. The standard InChI is InChI=1S/C25H29F2NO/c26-22-7-4-19(5-8-22)24(29)3-1-14-28-15-2-11-25(13-16-28)12-10-20-17-23(27)9-6-21(20)18-25/h4-9,17H,1-3,10-16,18H2. The van der Waals surface area contributed by atoms with E-state index in [1.807, 2.05) is 6.07 Å². The molecule has 2 aliphatic rings. The predicted octanol–water partition coefficient (Wildman–Crippen LogP) is 5.59. The molecule has 1 fully saturated rings. The molecule has 1 heterocycles. The molecule has 0 saturated carbocycles. The molecule has 1 aliphatic heterocycles. The fourth-order valence-electron chi connectivity index (χ4n) is 5.10. The fourth-order valence-corrected chi connectivity index (χ4v) is 5.10. The first-order chi connectivity index (χ1) is 14.0. The lowest BCUT2D eigenvalue weighted by atomic mass is 9.67. The molecule has 4 heteroatoms. The number of carbonyl (C=O) groups excluding carboxylic acids is 1. The number of hydrogen-bond acceptors (Lipinski definition) is 2. The molecule has 4 rings (SSSR count). The number of benzene rings is 2. The van der Waals surface area contributed by atoms with E-state index in [1.54, 1.807) is 24.3 Å². The Balaban J connectivity index is 1.27. The summed E-state index contributed by atoms with van der Waals surface area (Å²) in [6.07, 6.45) is 8.14. The second-order valence-corrected chi connectivity index (χ2v) is 8.82. The lowest BCUT2D eigenvalue weighted by Gasteiger charge is -2.38. The summed E-state index contributed by atoms with van der Waals surface area (Å²) in [6.45, 7) is 3.09. The Bertz CT molecular complexity index is 864. The van der Waals surface area contributed by atoms with Crippen molar-refractivity contribution in [2.45, 2.75) is 51.4 Å². The number of rotatable bonds is 5. The number of fused-ring (bicyclic) bond motifs is 1. The second kappa shape index (κ2) is 8.74. The molecule has 154 valence electrons. The Hall–Kier alpha value is -2.07. The van der Waals surface area contributed by atoms with Gasteiger partial charge in [-0.15, -0.1) is 0 Å². The molecule has 0 radical (unpaired) electrons. The van der Waals surface area contributed by atoms with E-state index < -0.39 is 0 Å². The molecule has 0 aromatic heterocycles. The number of halogens is 2. The van der Waals surface area contributed by atoms with Gasteiger partial charge in [0.25, 0.3) is 0 Å². The molecular weight excluding hydrogens is 368 g/mol. The molecule has 2 aromatic carbocycles. The maximum atomic E-state index is 13.5. The monoisotopic (exact) mass is 397 g/mol. The Kier molecular flexibility index (Phi) is 6.09. The average molecular weight is 398 g/mol. The lowest BCUT2D eigenvalue weighted by Crippen LogP contribution is -2.31. The van der Waals surface area contributed by atoms with Crippen LogP contribution in [0, 0.1) is 17.0 Å². The summed E-state index contributed by atoms with van der Waals surface area (Å²) in [6, 6.07) is 11.1. The van der Waals surface area contributed by atoms with E-state index in [9.17, 15) is 13.6 Å². The number of hydrogen-bond donors (Lipinski definition) is 0. The first-order valence-corrected chi connectivity index (χ1v) is 10.8. The molecule has 0 amide bonds. The van der Waals surface area contributed by atoms with Crippen molar-refractivity contribution >= 4 is 5.78 Å². The quantitative estimate of drug-likeness (QED) is 0.613. The smallest absolute Gasteiger partial charge is 0.162 e. The average Bonchev–Trinajstić information content (AvgIpc) is 2.91. The number of Topliss-reactive ketones (excluding diaryl/α,β-unsaturated/α-hetero) is 1. The van der Waals surface area contributed by atoms with Crippen LogP contribution >= 0.6 is 0 Å². The molecule has 0 bridgehead atoms. The van der Waals surface area contributed by atoms with E-state index in [0.717, 1.165) is 45.3 Å². The third-order valence-electron chi connectivity index (χ3n) is 6.84. The van der Waals surface area contributed by atoms with Crippen molar-refractivity contribution in [3.8, 4) is 0 Å². The summed E-state index contributed by atoms with van der Waals surface area (Å²) < 4.78 is 26.5. The zero-order valence-corrected chi connectivity index (χ0v) is 16.9. The number of aryl methyl sites for hydroxylation is 1. The molecule has 1 saturated heterocycles. The number of ketones is 1. The van der Waals surface area contributed by atoms with Gasteiger partial charge in [0, 0.05) is 12.0 Å². The Morgan fingerprint density at radius 3 is 2.55 bits per heavy atom. The zero-order valence-electron chi connectivity index (χ0n) is 16.9. The van der Waals surface area contributed by atoms with Gasteiger partial charge in [0.05, 0.1) is 0 Å². The topological polar surface area (TPSA) is 20.3 Å². The minimum Gasteiger partial charge on any atom is -0.303 e. The van der Waals surface area contributed by atoms with Crippen LogP contribution in [0.2, 0.25) is 0 Å². The van der Waals surface area contributed by atoms with Crippen LogP contribution in [-0.4, -0.2) is 30.3 Å². The van der Waals surface area contributed by atoms with Gasteiger partial charge in [-0.25, -0.2) is 8.78 Å². The first kappa shape index (κ1) is 20.2. The highest BCUT2D eigenvalue weighted by molar-refractivity contribution is 5.95. The van der Waals surface area contributed by atoms with Gasteiger partial charge in [0.2, 0.25) is 0 Å². The van der Waals surface area contributed by atoms with Crippen molar-refractivity contribution in [1.29, 1.82) is 0 Å². The van der Waals surface area contributed by atoms with Crippen molar-refractivity contribution in [1.82, 2.24) is 4.90 Å². The summed E-state index contributed by atoms with van der Waals surface area (Å²) >= 11 is 0. The molecule has 1 aliphatic carbocycles. The number of likely N-dealkylation sites (tertiary alicyclic amines) is 1. The summed E-state index contributed by atoms with van der Waals surface area (Å²) in [4.78, 5) is 14.8. The van der Waals surface area contributed by atoms with Crippen LogP contribution in [0.15, 0.2) is 42.5 Å². The summed E-state index contributed by atoms with van der Waals surface area (Å²) in [5, 5.41) is 0. The van der Waals surface area contributed by atoms with E-state index >= 15 is 0 Å². The van der Waals surface area contributed by atoms with Gasteiger partial charge in [-0.05, 0) is 118 Å². The minimum atomic E-state index is -0.310. The summed E-state index contributed by atoms with van der Waals surface area (Å²) in [5.74, 6) is -0.343. The van der Waals surface area contributed by atoms with Gasteiger partial charge < -0.3 is 4.90 Å². The van der Waals surface area contributed by atoms with E-state index in [4.69, 9.17) is 0 Å². The van der Waals surface area contributed by atoms with Gasteiger partial charge in [-0.1, -0.05) is 6.07 Å². The maximum absolute atomic E-state index is 13.5. The SMILES string of the molecule is O=C(CCCN1CCCC2(CCc3cc(F)ccc3C2)CC1)c1ccc(F)cc1. The van der Waals surface area contributed by atoms with Crippen LogP contribution in [0.4, 0.5) is 8.78 Å². The maximum Gasteiger partial charge on any atom is 0.162 e. The zero-order chi connectivity index (χ0) is 20.3. The van der Waals surface area contributed by atoms with E-state index in [0.29, 0.717) is 17.4 Å². The third kappa shape index (κ3) is 4.92. The van der Waals surface area contributed by atoms with Crippen LogP contribution in [0.3, 0.4) is 0 Å². The molecule has 2 nitrogen and oxygen atoms in total. The van der Waals surface area contributed by atoms with Gasteiger partial charge in [0.1, 0.15) is 11.6 Å². The minimum absolute atomic E-state index is 0.0902. The van der Waals surface area contributed by atoms with E-state index in [2.05, 4.69) is 4.90 Å². The van der Waals surface area contributed by atoms with E-state index in [-0.39, 0.29) is 17.4 Å². The Labute approximate surface area is 171 Å². The van der Waals surface area contributed by atoms with Crippen LogP contribution < -0.4 is 0 Å². The van der Waals surface area contributed by atoms with Crippen LogP contribution in [0.5, 0.6) is 0 Å². The highest BCUT2D eigenvalue weighted by Gasteiger charge is 2.35. The van der Waals surface area contributed by atoms with Crippen LogP contribution in [0.25, 0.3) is 0 Å². The van der Waals surface area contributed by atoms with Crippen LogP contribution in [-0.2, 0) is 12.8 Å². The van der Waals surface area contributed by atoms with E-state index in [1.165, 1.54) is 42.5 Å². The van der Waals surface area contributed by atoms with Gasteiger partial charge in [0.15, 0.2) is 5.78 Å². The Morgan fingerprint density at radius 2 is 1.72 bits per heavy atom. The van der Waals surface area contributed by atoms with Gasteiger partial charge in [-0.3, -0.25) is 4.79 Å². The predicted molar refractivity (Wildman–Crippen MR) is 111 cm³/mol. The largest absolute Gasteiger partial charge is 0.303 e. The molecule has 1 atom stereocenters. The molecule has 2 aromatic rings. The van der Waals surface area contributed by atoms with Gasteiger partial charge in [-0.2, -0.15) is 0 Å². The first-order valence-electron chi connectivity index (χ1n) is 10.8. The van der Waals surface area contributed by atoms with Crippen LogP contribution in [0.1, 0.15) is 60.0 Å². The second-order valence-electron chi connectivity index (χ2n) is 8.82. The van der Waals surface area contributed by atoms with Crippen molar-refractivity contribution in [2.24, 2.45) is 5.41 Å². The highest BCUT2D eigenvalue weighted by atomic mass is 19.1. The molecular formula is C25H29F2NO. The van der Waals surface area contributed by atoms with Crippen molar-refractivity contribution in [2.75, 3.05) is 19.6 Å². The lowest BCUT2D eigenvalue weighted by molar-refractivity contribution is 0.0974. The summed E-state index contributed by atoms with van der Waals surface area (Å²) in [5.41, 5.74) is 3.47. The molecule has 1 unspecified atom stereocenters. The van der Waals surface area contributed by atoms with Crippen molar-refractivity contribution in [3.63, 3.8) is 0 Å². The highest BCUT2D eigenvalue weighted by Crippen LogP contribution is 2.43. The third-order valence-corrected chi connectivity index (χ3v) is 6.84. The summed E-state index contributed by atoms with van der Waals surface area (Å²) in [7, 11) is 0. The van der Waals surface area contributed by atoms with Crippen molar-refractivity contribution < 1.29 is 13.6 Å². The number of nitrogens with zero attached hydrogens (tertiary/aromatic N) is 1. The molecule has 1 spiro atoms.